The SMILES string of the molecule is O=C(O)COCC1COc2ccccc21. The zero-order valence-corrected chi connectivity index (χ0v) is 8.18. The van der Waals surface area contributed by atoms with Gasteiger partial charge in [-0.05, 0) is 6.07 Å². The van der Waals surface area contributed by atoms with Crippen molar-refractivity contribution in [3.8, 4) is 5.75 Å². The van der Waals surface area contributed by atoms with Crippen molar-refractivity contribution in [1.29, 1.82) is 0 Å². The van der Waals surface area contributed by atoms with Gasteiger partial charge < -0.3 is 14.6 Å². The summed E-state index contributed by atoms with van der Waals surface area (Å²) in [4.78, 5) is 10.3. The minimum absolute atomic E-state index is 0.153. The van der Waals surface area contributed by atoms with Crippen LogP contribution < -0.4 is 4.74 Å². The molecule has 0 saturated carbocycles. The van der Waals surface area contributed by atoms with Crippen LogP contribution >= 0.6 is 0 Å². The molecule has 0 aromatic heterocycles. The summed E-state index contributed by atoms with van der Waals surface area (Å²) in [5.74, 6) is 0.0872. The summed E-state index contributed by atoms with van der Waals surface area (Å²) in [5, 5.41) is 8.43. The second kappa shape index (κ2) is 4.31. The molecule has 1 atom stereocenters. The fourth-order valence-electron chi connectivity index (χ4n) is 1.66. The fourth-order valence-corrected chi connectivity index (χ4v) is 1.66. The Kier molecular flexibility index (Phi) is 2.87. The number of carboxylic acids is 1. The second-order valence-corrected chi connectivity index (χ2v) is 3.45. The van der Waals surface area contributed by atoms with E-state index in [2.05, 4.69) is 0 Å². The highest BCUT2D eigenvalue weighted by atomic mass is 16.5. The van der Waals surface area contributed by atoms with E-state index >= 15 is 0 Å². The molecule has 0 saturated heterocycles. The van der Waals surface area contributed by atoms with E-state index in [-0.39, 0.29) is 12.5 Å². The largest absolute Gasteiger partial charge is 0.493 e. The summed E-state index contributed by atoms with van der Waals surface area (Å²) in [7, 11) is 0. The highest BCUT2D eigenvalue weighted by molar-refractivity contribution is 5.68. The minimum atomic E-state index is -0.942. The summed E-state index contributed by atoms with van der Waals surface area (Å²) in [5.41, 5.74) is 1.10. The molecule has 0 fully saturated rings. The number of hydrogen-bond acceptors (Lipinski definition) is 3. The van der Waals surface area contributed by atoms with Crippen LogP contribution in [-0.2, 0) is 9.53 Å². The average molecular weight is 208 g/mol. The van der Waals surface area contributed by atoms with Gasteiger partial charge in [0.1, 0.15) is 12.4 Å². The molecule has 0 amide bonds. The molecule has 4 nitrogen and oxygen atoms in total. The van der Waals surface area contributed by atoms with Crippen LogP contribution in [0.2, 0.25) is 0 Å². The van der Waals surface area contributed by atoms with Crippen LogP contribution in [0.15, 0.2) is 24.3 Å². The Morgan fingerprint density at radius 1 is 1.53 bits per heavy atom. The van der Waals surface area contributed by atoms with Crippen molar-refractivity contribution >= 4 is 5.97 Å². The number of para-hydroxylation sites is 1. The van der Waals surface area contributed by atoms with Crippen molar-refractivity contribution in [1.82, 2.24) is 0 Å². The smallest absolute Gasteiger partial charge is 0.329 e. The fraction of sp³-hybridized carbons (Fsp3) is 0.364. The average Bonchev–Trinajstić information content (AvgIpc) is 2.62. The molecule has 1 aromatic rings. The molecule has 80 valence electrons. The zero-order chi connectivity index (χ0) is 10.7. The molecule has 0 aliphatic carbocycles. The van der Waals surface area contributed by atoms with Gasteiger partial charge in [-0.1, -0.05) is 18.2 Å². The summed E-state index contributed by atoms with van der Waals surface area (Å²) in [6.45, 7) is 0.709. The summed E-state index contributed by atoms with van der Waals surface area (Å²) < 4.78 is 10.5. The molecule has 0 radical (unpaired) electrons. The van der Waals surface area contributed by atoms with Crippen molar-refractivity contribution in [2.45, 2.75) is 5.92 Å². The van der Waals surface area contributed by atoms with Crippen molar-refractivity contribution in [3.63, 3.8) is 0 Å². The predicted octanol–water partition coefficient (Wildman–Crippen LogP) is 1.26. The maximum absolute atomic E-state index is 10.3. The molecule has 2 rings (SSSR count). The van der Waals surface area contributed by atoms with E-state index in [9.17, 15) is 4.79 Å². The summed E-state index contributed by atoms with van der Waals surface area (Å²) in [6.07, 6.45) is 0. The third-order valence-electron chi connectivity index (χ3n) is 2.34. The van der Waals surface area contributed by atoms with Gasteiger partial charge in [-0.3, -0.25) is 0 Å². The molecule has 0 bridgehead atoms. The lowest BCUT2D eigenvalue weighted by atomic mass is 10.0. The van der Waals surface area contributed by atoms with Crippen molar-refractivity contribution < 1.29 is 19.4 Å². The van der Waals surface area contributed by atoms with Crippen LogP contribution in [0.1, 0.15) is 11.5 Å². The minimum Gasteiger partial charge on any atom is -0.493 e. The maximum Gasteiger partial charge on any atom is 0.329 e. The van der Waals surface area contributed by atoms with E-state index in [1.54, 1.807) is 0 Å². The Hall–Kier alpha value is -1.55. The molecular formula is C11H12O4. The molecule has 0 spiro atoms. The Morgan fingerprint density at radius 3 is 3.13 bits per heavy atom. The van der Waals surface area contributed by atoms with Gasteiger partial charge in [0.15, 0.2) is 0 Å². The van der Waals surface area contributed by atoms with E-state index < -0.39 is 5.97 Å². The van der Waals surface area contributed by atoms with Gasteiger partial charge >= 0.3 is 5.97 Å². The van der Waals surface area contributed by atoms with E-state index in [0.717, 1.165) is 11.3 Å². The number of benzene rings is 1. The quantitative estimate of drug-likeness (QED) is 0.809. The van der Waals surface area contributed by atoms with Gasteiger partial charge in [-0.15, -0.1) is 0 Å². The lowest BCUT2D eigenvalue weighted by Gasteiger charge is -2.07. The number of rotatable bonds is 4. The van der Waals surface area contributed by atoms with Crippen molar-refractivity contribution in [2.75, 3.05) is 19.8 Å². The van der Waals surface area contributed by atoms with E-state index in [0.29, 0.717) is 13.2 Å². The molecule has 1 unspecified atom stereocenters. The number of hydrogen-bond donors (Lipinski definition) is 1. The number of carboxylic acid groups (broad SMARTS) is 1. The third-order valence-corrected chi connectivity index (χ3v) is 2.34. The van der Waals surface area contributed by atoms with Crippen LogP contribution in [0.25, 0.3) is 0 Å². The Labute approximate surface area is 87.4 Å². The van der Waals surface area contributed by atoms with Gasteiger partial charge in [0.2, 0.25) is 0 Å². The monoisotopic (exact) mass is 208 g/mol. The van der Waals surface area contributed by atoms with Crippen LogP contribution in [0.5, 0.6) is 5.75 Å². The second-order valence-electron chi connectivity index (χ2n) is 3.45. The maximum atomic E-state index is 10.3. The van der Waals surface area contributed by atoms with Gasteiger partial charge in [0, 0.05) is 11.5 Å². The lowest BCUT2D eigenvalue weighted by molar-refractivity contribution is -0.142. The predicted molar refractivity (Wildman–Crippen MR) is 53.1 cm³/mol. The Morgan fingerprint density at radius 2 is 2.33 bits per heavy atom. The summed E-state index contributed by atoms with van der Waals surface area (Å²) >= 11 is 0. The molecule has 15 heavy (non-hydrogen) atoms. The van der Waals surface area contributed by atoms with E-state index in [1.165, 1.54) is 0 Å². The number of ether oxygens (including phenoxy) is 2. The highest BCUT2D eigenvalue weighted by Gasteiger charge is 2.23. The highest BCUT2D eigenvalue weighted by Crippen LogP contribution is 2.33. The normalized spacial score (nSPS) is 18.3. The zero-order valence-electron chi connectivity index (χ0n) is 8.18. The van der Waals surface area contributed by atoms with E-state index in [4.69, 9.17) is 14.6 Å². The molecule has 1 aliphatic rings. The molecule has 1 N–H and O–H groups in total. The molecule has 4 heteroatoms. The number of aliphatic carboxylic acids is 1. The van der Waals surface area contributed by atoms with E-state index in [1.807, 2.05) is 24.3 Å². The van der Waals surface area contributed by atoms with Gasteiger partial charge in [0.25, 0.3) is 0 Å². The van der Waals surface area contributed by atoms with Crippen LogP contribution in [-0.4, -0.2) is 30.9 Å². The first-order valence-electron chi connectivity index (χ1n) is 4.78. The standard InChI is InChI=1S/C11H12O4/c12-11(13)7-14-5-8-6-15-10-4-2-1-3-9(8)10/h1-4,8H,5-7H2,(H,12,13). The Balaban J connectivity index is 1.93. The first-order valence-corrected chi connectivity index (χ1v) is 4.78. The molecule has 1 heterocycles. The topological polar surface area (TPSA) is 55.8 Å². The number of carbonyl (C=O) groups is 1. The Bertz CT molecular complexity index is 361. The van der Waals surface area contributed by atoms with Gasteiger partial charge in [-0.2, -0.15) is 0 Å². The van der Waals surface area contributed by atoms with Gasteiger partial charge in [0.05, 0.1) is 13.2 Å². The third kappa shape index (κ3) is 2.27. The first-order chi connectivity index (χ1) is 7.27. The van der Waals surface area contributed by atoms with Crippen LogP contribution in [0, 0.1) is 0 Å². The van der Waals surface area contributed by atoms with Crippen LogP contribution in [0.4, 0.5) is 0 Å². The lowest BCUT2D eigenvalue weighted by Crippen LogP contribution is -2.14. The van der Waals surface area contributed by atoms with Crippen molar-refractivity contribution in [2.24, 2.45) is 0 Å². The van der Waals surface area contributed by atoms with Crippen LogP contribution in [0.3, 0.4) is 0 Å². The van der Waals surface area contributed by atoms with Crippen molar-refractivity contribution in [3.05, 3.63) is 29.8 Å². The molecular weight excluding hydrogens is 196 g/mol. The molecule has 1 aliphatic heterocycles. The number of fused-ring (bicyclic) bond motifs is 1. The molecule has 1 aromatic carbocycles. The van der Waals surface area contributed by atoms with Gasteiger partial charge in [-0.25, -0.2) is 4.79 Å². The first kappa shape index (κ1) is 9.98. The summed E-state index contributed by atoms with van der Waals surface area (Å²) in [6, 6.07) is 7.75.